The standard InChI is InChI=1S/C20H39N2O2/c1-4-7-8-9-10-11-12-13-17-22(16-5-2)18-14-21(15-19-22)20(23)24-6-3/h5H,2,4,6-19H2,1,3H3/q+1. The van der Waals surface area contributed by atoms with Gasteiger partial charge in [-0.3, -0.25) is 4.90 Å². The Morgan fingerprint density at radius 2 is 1.62 bits per heavy atom. The Morgan fingerprint density at radius 1 is 1.04 bits per heavy atom. The van der Waals surface area contributed by atoms with E-state index in [0.29, 0.717) is 6.61 Å². The average Bonchev–Trinajstić information content (AvgIpc) is 2.58. The van der Waals surface area contributed by atoms with E-state index in [1.165, 1.54) is 57.9 Å². The number of ether oxygens (including phenoxy) is 1. The fraction of sp³-hybridized carbons (Fsp3) is 0.850. The maximum atomic E-state index is 11.9. The summed E-state index contributed by atoms with van der Waals surface area (Å²) in [6.07, 6.45) is 12.8. The van der Waals surface area contributed by atoms with Crippen LogP contribution in [-0.2, 0) is 4.74 Å². The number of unbranched alkanes of at least 4 members (excludes halogenated alkanes) is 7. The topological polar surface area (TPSA) is 29.5 Å². The number of amides is 1. The zero-order chi connectivity index (χ0) is 17.7. The normalized spacial score (nSPS) is 16.8. The molecule has 0 N–H and O–H groups in total. The summed E-state index contributed by atoms with van der Waals surface area (Å²) in [6.45, 7) is 14.5. The molecule has 0 aromatic carbocycles. The lowest BCUT2D eigenvalue weighted by atomic mass is 10.1. The number of nitrogens with zero attached hydrogens (tertiary/aromatic N) is 2. The Labute approximate surface area is 149 Å². The molecule has 140 valence electrons. The van der Waals surface area contributed by atoms with Crippen LogP contribution >= 0.6 is 0 Å². The molecular formula is C20H39N2O2+. The number of quaternary nitrogens is 1. The van der Waals surface area contributed by atoms with Crippen LogP contribution in [0.1, 0.15) is 65.2 Å². The van der Waals surface area contributed by atoms with Gasteiger partial charge in [-0.25, -0.2) is 4.79 Å². The molecule has 0 radical (unpaired) electrons. The second-order valence-corrected chi connectivity index (χ2v) is 7.14. The van der Waals surface area contributed by atoms with Crippen molar-refractivity contribution in [3.8, 4) is 0 Å². The van der Waals surface area contributed by atoms with Gasteiger partial charge in [0, 0.05) is 0 Å². The molecule has 1 fully saturated rings. The molecule has 4 nitrogen and oxygen atoms in total. The van der Waals surface area contributed by atoms with Crippen molar-refractivity contribution < 1.29 is 14.0 Å². The van der Waals surface area contributed by atoms with Crippen molar-refractivity contribution in [1.29, 1.82) is 0 Å². The minimum Gasteiger partial charge on any atom is -0.450 e. The third-order valence-corrected chi connectivity index (χ3v) is 5.22. The summed E-state index contributed by atoms with van der Waals surface area (Å²) >= 11 is 0. The molecule has 0 aliphatic carbocycles. The molecule has 0 saturated carbocycles. The summed E-state index contributed by atoms with van der Waals surface area (Å²) in [5.41, 5.74) is 0. The van der Waals surface area contributed by atoms with E-state index in [1.807, 2.05) is 17.9 Å². The average molecular weight is 340 g/mol. The first-order valence-corrected chi connectivity index (χ1v) is 10.0. The summed E-state index contributed by atoms with van der Waals surface area (Å²) in [6, 6.07) is 0. The second-order valence-electron chi connectivity index (χ2n) is 7.14. The highest BCUT2D eigenvalue weighted by Gasteiger charge is 2.33. The Balaban J connectivity index is 2.26. The van der Waals surface area contributed by atoms with Crippen LogP contribution < -0.4 is 0 Å². The Hall–Kier alpha value is -1.03. The van der Waals surface area contributed by atoms with Gasteiger partial charge < -0.3 is 9.22 Å². The van der Waals surface area contributed by atoms with Crippen molar-refractivity contribution >= 4 is 6.09 Å². The van der Waals surface area contributed by atoms with Gasteiger partial charge in [0.25, 0.3) is 0 Å². The van der Waals surface area contributed by atoms with Gasteiger partial charge in [0.2, 0.25) is 0 Å². The largest absolute Gasteiger partial charge is 0.450 e. The molecule has 1 aliphatic heterocycles. The Bertz CT molecular complexity index is 350. The molecule has 0 unspecified atom stereocenters. The van der Waals surface area contributed by atoms with E-state index in [1.54, 1.807) is 0 Å². The molecular weight excluding hydrogens is 300 g/mol. The van der Waals surface area contributed by atoms with Crippen molar-refractivity contribution in [3.05, 3.63) is 12.7 Å². The monoisotopic (exact) mass is 339 g/mol. The molecule has 1 amide bonds. The van der Waals surface area contributed by atoms with Crippen molar-refractivity contribution in [1.82, 2.24) is 4.90 Å². The summed E-state index contributed by atoms with van der Waals surface area (Å²) in [4.78, 5) is 13.7. The van der Waals surface area contributed by atoms with Crippen molar-refractivity contribution in [2.24, 2.45) is 0 Å². The van der Waals surface area contributed by atoms with Gasteiger partial charge in [0.15, 0.2) is 0 Å². The van der Waals surface area contributed by atoms with Crippen LogP contribution in [0.15, 0.2) is 12.7 Å². The SMILES string of the molecule is C=CC[N+]1(CCCCCCCCCC)CCN(C(=O)OCC)CC1. The minimum absolute atomic E-state index is 0.152. The number of piperazine rings is 1. The van der Waals surface area contributed by atoms with Crippen molar-refractivity contribution in [2.45, 2.75) is 65.2 Å². The highest BCUT2D eigenvalue weighted by molar-refractivity contribution is 5.67. The van der Waals surface area contributed by atoms with E-state index < -0.39 is 0 Å². The third kappa shape index (κ3) is 7.69. The van der Waals surface area contributed by atoms with E-state index in [4.69, 9.17) is 4.74 Å². The number of carbonyl (C=O) groups excluding carboxylic acids is 1. The first-order valence-electron chi connectivity index (χ1n) is 10.0. The summed E-state index contributed by atoms with van der Waals surface area (Å²) < 4.78 is 6.22. The molecule has 1 saturated heterocycles. The third-order valence-electron chi connectivity index (χ3n) is 5.22. The maximum absolute atomic E-state index is 11.9. The molecule has 0 bridgehead atoms. The van der Waals surface area contributed by atoms with Crippen LogP contribution in [0, 0.1) is 0 Å². The fourth-order valence-corrected chi connectivity index (χ4v) is 3.64. The first-order chi connectivity index (χ1) is 11.7. The van der Waals surface area contributed by atoms with Crippen LogP contribution in [0.5, 0.6) is 0 Å². The van der Waals surface area contributed by atoms with E-state index in [0.717, 1.165) is 37.2 Å². The van der Waals surface area contributed by atoms with E-state index in [2.05, 4.69) is 13.5 Å². The second kappa shape index (κ2) is 12.3. The summed E-state index contributed by atoms with van der Waals surface area (Å²) in [5.74, 6) is 0. The van der Waals surface area contributed by atoms with Gasteiger partial charge in [-0.15, -0.1) is 0 Å². The molecule has 1 heterocycles. The number of rotatable bonds is 12. The van der Waals surface area contributed by atoms with Gasteiger partial charge in [-0.1, -0.05) is 52.0 Å². The van der Waals surface area contributed by atoms with E-state index in [9.17, 15) is 4.79 Å². The predicted molar refractivity (Wildman–Crippen MR) is 101 cm³/mol. The van der Waals surface area contributed by atoms with E-state index in [-0.39, 0.29) is 6.09 Å². The summed E-state index contributed by atoms with van der Waals surface area (Å²) in [5, 5.41) is 0. The Kier molecular flexibility index (Phi) is 10.8. The first kappa shape index (κ1) is 21.0. The molecule has 0 aromatic heterocycles. The molecule has 0 atom stereocenters. The number of carbonyl (C=O) groups is 1. The minimum atomic E-state index is -0.152. The van der Waals surface area contributed by atoms with Gasteiger partial charge in [-0.05, 0) is 25.8 Å². The van der Waals surface area contributed by atoms with Gasteiger partial charge in [-0.2, -0.15) is 0 Å². The van der Waals surface area contributed by atoms with Crippen LogP contribution in [0.25, 0.3) is 0 Å². The lowest BCUT2D eigenvalue weighted by Crippen LogP contribution is -2.60. The summed E-state index contributed by atoms with van der Waals surface area (Å²) in [7, 11) is 0. The molecule has 0 spiro atoms. The predicted octanol–water partition coefficient (Wildman–Crippen LogP) is 4.60. The molecule has 1 rings (SSSR count). The maximum Gasteiger partial charge on any atom is 0.410 e. The van der Waals surface area contributed by atoms with Crippen LogP contribution in [-0.4, -0.2) is 61.4 Å². The number of hydrogen-bond acceptors (Lipinski definition) is 2. The highest BCUT2D eigenvalue weighted by atomic mass is 16.6. The van der Waals surface area contributed by atoms with Gasteiger partial charge in [0.05, 0.1) is 45.9 Å². The smallest absolute Gasteiger partial charge is 0.410 e. The zero-order valence-electron chi connectivity index (χ0n) is 16.1. The van der Waals surface area contributed by atoms with Gasteiger partial charge in [0.1, 0.15) is 0 Å². The molecule has 0 aromatic rings. The quantitative estimate of drug-likeness (QED) is 0.295. The van der Waals surface area contributed by atoms with Crippen LogP contribution in [0.2, 0.25) is 0 Å². The van der Waals surface area contributed by atoms with Crippen LogP contribution in [0.3, 0.4) is 0 Å². The molecule has 1 aliphatic rings. The molecule has 24 heavy (non-hydrogen) atoms. The highest BCUT2D eigenvalue weighted by Crippen LogP contribution is 2.17. The molecule has 4 heteroatoms. The Morgan fingerprint density at radius 3 is 2.17 bits per heavy atom. The van der Waals surface area contributed by atoms with Crippen LogP contribution in [0.4, 0.5) is 4.79 Å². The lowest BCUT2D eigenvalue weighted by molar-refractivity contribution is -0.926. The fourth-order valence-electron chi connectivity index (χ4n) is 3.64. The van der Waals surface area contributed by atoms with E-state index >= 15 is 0 Å². The number of hydrogen-bond donors (Lipinski definition) is 0. The van der Waals surface area contributed by atoms with Crippen molar-refractivity contribution in [3.63, 3.8) is 0 Å². The van der Waals surface area contributed by atoms with Crippen molar-refractivity contribution in [2.75, 3.05) is 45.9 Å². The zero-order valence-corrected chi connectivity index (χ0v) is 16.1. The lowest BCUT2D eigenvalue weighted by Gasteiger charge is -2.44. The van der Waals surface area contributed by atoms with Gasteiger partial charge >= 0.3 is 6.09 Å².